The van der Waals surface area contributed by atoms with E-state index in [1.807, 2.05) is 13.8 Å². The van der Waals surface area contributed by atoms with Crippen LogP contribution in [0.25, 0.3) is 11.4 Å². The molecule has 172 valence electrons. The van der Waals surface area contributed by atoms with E-state index in [2.05, 4.69) is 30.5 Å². The second kappa shape index (κ2) is 10.4. The molecule has 4 rings (SSSR count). The van der Waals surface area contributed by atoms with Gasteiger partial charge < -0.3 is 14.8 Å². The molecule has 33 heavy (non-hydrogen) atoms. The molecule has 0 fully saturated rings. The number of rotatable bonds is 6. The van der Waals surface area contributed by atoms with Crippen LogP contribution < -0.4 is 14.8 Å². The average molecular weight is 458 g/mol. The maximum atomic E-state index is 12.9. The van der Waals surface area contributed by atoms with Crippen molar-refractivity contribution in [2.75, 3.05) is 12.4 Å². The topological polar surface area (TPSA) is 97.8 Å². The van der Waals surface area contributed by atoms with E-state index in [1.165, 1.54) is 25.4 Å². The van der Waals surface area contributed by atoms with E-state index in [4.69, 9.17) is 9.47 Å². The minimum atomic E-state index is -4.43. The highest BCUT2D eigenvalue weighted by molar-refractivity contribution is 5.61. The average Bonchev–Trinajstić information content (AvgIpc) is 3.29. The van der Waals surface area contributed by atoms with Crippen LogP contribution in [0.5, 0.6) is 17.6 Å². The third-order valence-corrected chi connectivity index (χ3v) is 4.05. The highest BCUT2D eigenvalue weighted by Crippen LogP contribution is 2.31. The van der Waals surface area contributed by atoms with Gasteiger partial charge in [-0.15, -0.1) is 5.10 Å². The van der Waals surface area contributed by atoms with Crippen molar-refractivity contribution in [3.63, 3.8) is 0 Å². The van der Waals surface area contributed by atoms with Gasteiger partial charge >= 0.3 is 12.2 Å². The van der Waals surface area contributed by atoms with Gasteiger partial charge in [0.15, 0.2) is 5.82 Å². The molecule has 0 aliphatic carbocycles. The Morgan fingerprint density at radius 3 is 2.52 bits per heavy atom. The SMILES string of the molecule is CC.COc1nccc(Oc2cccc(-c3nc(Nc4cccc(C(F)(F)F)c4)n[nH]3)c2)n1. The maximum Gasteiger partial charge on any atom is 0.416 e. The Labute approximate surface area is 187 Å². The van der Waals surface area contributed by atoms with Gasteiger partial charge in [0.25, 0.3) is 0 Å². The zero-order valence-corrected chi connectivity index (χ0v) is 18.0. The van der Waals surface area contributed by atoms with Crippen LogP contribution >= 0.6 is 0 Å². The summed E-state index contributed by atoms with van der Waals surface area (Å²) in [6.45, 7) is 4.00. The molecular weight excluding hydrogens is 437 g/mol. The van der Waals surface area contributed by atoms with Gasteiger partial charge in [-0.3, -0.25) is 5.10 Å². The van der Waals surface area contributed by atoms with Crippen LogP contribution in [-0.2, 0) is 6.18 Å². The Kier molecular flexibility index (Phi) is 7.44. The number of anilines is 2. The van der Waals surface area contributed by atoms with Gasteiger partial charge in [-0.1, -0.05) is 32.0 Å². The molecule has 0 unspecified atom stereocenters. The summed E-state index contributed by atoms with van der Waals surface area (Å²) in [4.78, 5) is 12.3. The molecule has 11 heteroatoms. The number of H-pyrrole nitrogens is 1. The molecule has 2 aromatic carbocycles. The van der Waals surface area contributed by atoms with Crippen LogP contribution in [0.3, 0.4) is 0 Å². The molecule has 0 radical (unpaired) electrons. The van der Waals surface area contributed by atoms with Crippen LogP contribution in [0.1, 0.15) is 19.4 Å². The fraction of sp³-hybridized carbons (Fsp3) is 0.182. The van der Waals surface area contributed by atoms with E-state index < -0.39 is 11.7 Å². The number of benzene rings is 2. The van der Waals surface area contributed by atoms with Crippen molar-refractivity contribution >= 4 is 11.6 Å². The van der Waals surface area contributed by atoms with E-state index in [-0.39, 0.29) is 17.6 Å². The van der Waals surface area contributed by atoms with Crippen molar-refractivity contribution in [3.05, 3.63) is 66.4 Å². The normalized spacial score (nSPS) is 10.7. The predicted octanol–water partition coefficient (Wildman–Crippen LogP) is 5.85. The van der Waals surface area contributed by atoms with E-state index in [0.717, 1.165) is 12.1 Å². The highest BCUT2D eigenvalue weighted by atomic mass is 19.4. The molecule has 0 aliphatic rings. The number of nitrogens with one attached hydrogen (secondary N) is 2. The summed E-state index contributed by atoms with van der Waals surface area (Å²) in [6.07, 6.45) is -2.93. The van der Waals surface area contributed by atoms with Gasteiger partial charge in [-0.05, 0) is 30.3 Å². The second-order valence-electron chi connectivity index (χ2n) is 6.22. The first-order valence-corrected chi connectivity index (χ1v) is 9.93. The predicted molar refractivity (Wildman–Crippen MR) is 117 cm³/mol. The Morgan fingerprint density at radius 1 is 0.970 bits per heavy atom. The summed E-state index contributed by atoms with van der Waals surface area (Å²) in [5.74, 6) is 1.32. The number of ether oxygens (including phenoxy) is 2. The maximum absolute atomic E-state index is 12.9. The summed E-state index contributed by atoms with van der Waals surface area (Å²) in [7, 11) is 1.45. The fourth-order valence-electron chi connectivity index (χ4n) is 2.66. The molecule has 0 amide bonds. The Bertz CT molecular complexity index is 1200. The zero-order chi connectivity index (χ0) is 23.8. The number of alkyl halides is 3. The van der Waals surface area contributed by atoms with E-state index in [1.54, 1.807) is 30.3 Å². The van der Waals surface area contributed by atoms with Crippen molar-refractivity contribution in [3.8, 4) is 29.0 Å². The summed E-state index contributed by atoms with van der Waals surface area (Å²) in [5, 5.41) is 9.52. The Morgan fingerprint density at radius 2 is 1.76 bits per heavy atom. The summed E-state index contributed by atoms with van der Waals surface area (Å²) >= 11 is 0. The molecule has 0 atom stereocenters. The molecule has 0 saturated carbocycles. The molecule has 2 heterocycles. The Hall–Kier alpha value is -4.15. The monoisotopic (exact) mass is 458 g/mol. The van der Waals surface area contributed by atoms with E-state index >= 15 is 0 Å². The molecule has 0 spiro atoms. The number of hydrogen-bond acceptors (Lipinski definition) is 7. The van der Waals surface area contributed by atoms with Gasteiger partial charge in [0, 0.05) is 23.5 Å². The summed E-state index contributed by atoms with van der Waals surface area (Å²) in [5.41, 5.74) is 0.109. The van der Waals surface area contributed by atoms with Gasteiger partial charge in [0.2, 0.25) is 11.8 Å². The van der Waals surface area contributed by atoms with E-state index in [0.29, 0.717) is 23.0 Å². The first-order valence-electron chi connectivity index (χ1n) is 9.93. The third kappa shape index (κ3) is 6.19. The van der Waals surface area contributed by atoms with Crippen molar-refractivity contribution in [1.82, 2.24) is 25.1 Å². The van der Waals surface area contributed by atoms with Crippen molar-refractivity contribution in [2.45, 2.75) is 20.0 Å². The first-order chi connectivity index (χ1) is 15.9. The van der Waals surface area contributed by atoms with Crippen LogP contribution in [0.15, 0.2) is 60.8 Å². The van der Waals surface area contributed by atoms with Crippen LogP contribution in [-0.4, -0.2) is 32.3 Å². The van der Waals surface area contributed by atoms with Gasteiger partial charge in [-0.2, -0.15) is 23.1 Å². The summed E-state index contributed by atoms with van der Waals surface area (Å²) < 4.78 is 49.3. The molecule has 0 aliphatic heterocycles. The first kappa shape index (κ1) is 23.5. The standard InChI is InChI=1S/C20H15F3N6O2.C2H6/c1-30-19-24-9-8-16(26-19)31-15-7-2-4-12(10-15)17-27-18(29-28-17)25-14-6-3-5-13(11-14)20(21,22)23;1-2/h2-11H,1H3,(H2,25,27,28,29);1-2H3. The van der Waals surface area contributed by atoms with E-state index in [9.17, 15) is 13.2 Å². The summed E-state index contributed by atoms with van der Waals surface area (Å²) in [6, 6.07) is 13.5. The number of methoxy groups -OCH3 is 1. The lowest BCUT2D eigenvalue weighted by molar-refractivity contribution is -0.137. The van der Waals surface area contributed by atoms with Gasteiger partial charge in [0.05, 0.1) is 12.7 Å². The van der Waals surface area contributed by atoms with Crippen molar-refractivity contribution in [1.29, 1.82) is 0 Å². The lowest BCUT2D eigenvalue weighted by Gasteiger charge is -2.08. The number of nitrogens with zero attached hydrogens (tertiary/aromatic N) is 4. The van der Waals surface area contributed by atoms with Crippen molar-refractivity contribution < 1.29 is 22.6 Å². The van der Waals surface area contributed by atoms with Crippen LogP contribution in [0.2, 0.25) is 0 Å². The second-order valence-corrected chi connectivity index (χ2v) is 6.22. The minimum Gasteiger partial charge on any atom is -0.467 e. The molecule has 8 nitrogen and oxygen atoms in total. The zero-order valence-electron chi connectivity index (χ0n) is 18.0. The minimum absolute atomic E-state index is 0.126. The smallest absolute Gasteiger partial charge is 0.416 e. The number of aromatic amines is 1. The fourth-order valence-corrected chi connectivity index (χ4v) is 2.66. The van der Waals surface area contributed by atoms with Gasteiger partial charge in [0.1, 0.15) is 5.75 Å². The molecule has 2 N–H and O–H groups in total. The quantitative estimate of drug-likeness (QED) is 0.374. The number of aromatic nitrogens is 5. The van der Waals surface area contributed by atoms with Crippen LogP contribution in [0.4, 0.5) is 24.8 Å². The number of hydrogen-bond donors (Lipinski definition) is 2. The molecule has 0 saturated heterocycles. The van der Waals surface area contributed by atoms with Gasteiger partial charge in [-0.25, -0.2) is 4.98 Å². The largest absolute Gasteiger partial charge is 0.467 e. The third-order valence-electron chi connectivity index (χ3n) is 4.05. The molecule has 2 aromatic heterocycles. The lowest BCUT2D eigenvalue weighted by atomic mass is 10.2. The van der Waals surface area contributed by atoms with Crippen molar-refractivity contribution in [2.24, 2.45) is 0 Å². The number of halogens is 3. The molecule has 0 bridgehead atoms. The molecule has 4 aromatic rings. The lowest BCUT2D eigenvalue weighted by Crippen LogP contribution is -2.05. The van der Waals surface area contributed by atoms with Crippen LogP contribution in [0, 0.1) is 0 Å². The highest BCUT2D eigenvalue weighted by Gasteiger charge is 2.30. The Balaban J connectivity index is 0.00000149. The molecular formula is C22H21F3N6O2.